The Balaban J connectivity index is 2.61. The summed E-state index contributed by atoms with van der Waals surface area (Å²) in [7, 11) is 5.62. The second-order valence-corrected chi connectivity index (χ2v) is 4.85. The van der Waals surface area contributed by atoms with E-state index >= 15 is 0 Å². The second-order valence-electron chi connectivity index (χ2n) is 4.48. The van der Waals surface area contributed by atoms with Crippen molar-refractivity contribution in [2.75, 3.05) is 46.2 Å². The van der Waals surface area contributed by atoms with Gasteiger partial charge in [-0.3, -0.25) is 4.79 Å². The molecule has 19 heavy (non-hydrogen) atoms. The first-order valence-corrected chi connectivity index (χ1v) is 6.57. The van der Waals surface area contributed by atoms with E-state index in [-0.39, 0.29) is 10.6 Å². The van der Waals surface area contributed by atoms with Crippen LogP contribution in [0, 0.1) is 0 Å². The molecule has 0 aliphatic carbocycles. The number of ether oxygens (including phenoxy) is 1. The number of nitrogens with one attached hydrogen (secondary N) is 1. The number of hydrogen-bond acceptors (Lipinski definition) is 5. The molecule has 1 aromatic heterocycles. The molecule has 0 radical (unpaired) electrons. The molecule has 1 N–H and O–H groups in total. The molecule has 1 aromatic rings. The summed E-state index contributed by atoms with van der Waals surface area (Å²) < 4.78 is 6.21. The van der Waals surface area contributed by atoms with Gasteiger partial charge in [0, 0.05) is 13.7 Å². The van der Waals surface area contributed by atoms with E-state index in [0.717, 1.165) is 19.5 Å². The Morgan fingerprint density at radius 2 is 2.26 bits per heavy atom. The molecule has 0 saturated heterocycles. The van der Waals surface area contributed by atoms with Gasteiger partial charge in [-0.05, 0) is 27.1 Å². The Morgan fingerprint density at radius 3 is 2.89 bits per heavy atom. The number of anilines is 1. The van der Waals surface area contributed by atoms with E-state index in [1.807, 2.05) is 14.1 Å². The maximum absolute atomic E-state index is 11.9. The summed E-state index contributed by atoms with van der Waals surface area (Å²) in [5, 5.41) is 7.36. The Morgan fingerprint density at radius 1 is 1.53 bits per heavy atom. The zero-order valence-electron chi connectivity index (χ0n) is 11.6. The minimum Gasteiger partial charge on any atom is -0.383 e. The Kier molecular flexibility index (Phi) is 6.83. The summed E-state index contributed by atoms with van der Waals surface area (Å²) in [6, 6.07) is 0. The molecule has 1 rings (SSSR count). The number of aromatic nitrogens is 2. The molecule has 0 aliphatic rings. The number of hydrogen-bond donors (Lipinski definition) is 1. The normalized spacial score (nSPS) is 11.0. The van der Waals surface area contributed by atoms with Crippen molar-refractivity contribution in [3.63, 3.8) is 0 Å². The number of nitrogens with zero attached hydrogens (tertiary/aromatic N) is 3. The molecule has 0 bridgehead atoms. The molecule has 0 spiro atoms. The molecule has 0 unspecified atom stereocenters. The van der Waals surface area contributed by atoms with Crippen LogP contribution in [0.15, 0.2) is 11.0 Å². The van der Waals surface area contributed by atoms with Gasteiger partial charge in [0.25, 0.3) is 5.56 Å². The third-order valence-corrected chi connectivity index (χ3v) is 2.95. The highest BCUT2D eigenvalue weighted by molar-refractivity contribution is 6.32. The molecular weight excluding hydrogens is 268 g/mol. The quantitative estimate of drug-likeness (QED) is 0.721. The molecule has 0 atom stereocenters. The smallest absolute Gasteiger partial charge is 0.287 e. The number of rotatable bonds is 8. The molecule has 108 valence electrons. The molecule has 6 nitrogen and oxygen atoms in total. The van der Waals surface area contributed by atoms with Gasteiger partial charge >= 0.3 is 0 Å². The predicted octanol–water partition coefficient (Wildman–Crippen LogP) is 0.907. The van der Waals surface area contributed by atoms with Crippen molar-refractivity contribution in [1.29, 1.82) is 0 Å². The van der Waals surface area contributed by atoms with Gasteiger partial charge < -0.3 is 15.0 Å². The summed E-state index contributed by atoms with van der Waals surface area (Å²) in [5.41, 5.74) is 0.287. The monoisotopic (exact) mass is 288 g/mol. The molecule has 1 heterocycles. The number of methoxy groups -OCH3 is 1. The first-order valence-electron chi connectivity index (χ1n) is 6.19. The van der Waals surface area contributed by atoms with Crippen LogP contribution in [0.3, 0.4) is 0 Å². The minimum absolute atomic E-state index is 0.177. The third-order valence-electron chi connectivity index (χ3n) is 2.59. The fourth-order valence-electron chi connectivity index (χ4n) is 1.54. The van der Waals surface area contributed by atoms with Gasteiger partial charge in [0.05, 0.1) is 25.0 Å². The maximum Gasteiger partial charge on any atom is 0.287 e. The van der Waals surface area contributed by atoms with Gasteiger partial charge in [0.15, 0.2) is 0 Å². The largest absolute Gasteiger partial charge is 0.383 e. The Hall–Kier alpha value is -1.11. The van der Waals surface area contributed by atoms with Crippen molar-refractivity contribution < 1.29 is 4.74 Å². The summed E-state index contributed by atoms with van der Waals surface area (Å²) in [6.45, 7) is 2.55. The molecule has 0 aliphatic heterocycles. The lowest BCUT2D eigenvalue weighted by Crippen LogP contribution is -2.26. The first-order chi connectivity index (χ1) is 9.06. The SMILES string of the molecule is COCCn1ncc(NCCCN(C)C)c(Cl)c1=O. The van der Waals surface area contributed by atoms with Crippen molar-refractivity contribution in [3.8, 4) is 0 Å². The van der Waals surface area contributed by atoms with Crippen LogP contribution >= 0.6 is 11.6 Å². The van der Waals surface area contributed by atoms with Crippen molar-refractivity contribution in [3.05, 3.63) is 21.6 Å². The van der Waals surface area contributed by atoms with Crippen molar-refractivity contribution in [2.45, 2.75) is 13.0 Å². The van der Waals surface area contributed by atoms with E-state index in [1.165, 1.54) is 4.68 Å². The minimum atomic E-state index is -0.295. The Bertz CT molecular complexity index is 448. The topological polar surface area (TPSA) is 59.4 Å². The zero-order chi connectivity index (χ0) is 14.3. The maximum atomic E-state index is 11.9. The van der Waals surface area contributed by atoms with Crippen molar-refractivity contribution in [2.24, 2.45) is 0 Å². The highest BCUT2D eigenvalue weighted by Gasteiger charge is 2.08. The van der Waals surface area contributed by atoms with Crippen LogP contribution in [0.1, 0.15) is 6.42 Å². The van der Waals surface area contributed by atoms with Gasteiger partial charge in [-0.1, -0.05) is 11.6 Å². The first kappa shape index (κ1) is 15.9. The molecule has 0 aromatic carbocycles. The lowest BCUT2D eigenvalue weighted by molar-refractivity contribution is 0.182. The highest BCUT2D eigenvalue weighted by atomic mass is 35.5. The zero-order valence-corrected chi connectivity index (χ0v) is 12.4. The van der Waals surface area contributed by atoms with Gasteiger partial charge in [-0.2, -0.15) is 5.10 Å². The van der Waals surface area contributed by atoms with Gasteiger partial charge in [0.1, 0.15) is 5.02 Å². The molecule has 0 saturated carbocycles. The standard InChI is InChI=1S/C12H21ClN4O2/c1-16(2)6-4-5-14-10-9-15-17(7-8-19-3)12(18)11(10)13/h9,14H,4-8H2,1-3H3. The fraction of sp³-hybridized carbons (Fsp3) is 0.667. The van der Waals surface area contributed by atoms with Crippen LogP contribution in [-0.2, 0) is 11.3 Å². The van der Waals surface area contributed by atoms with Crippen molar-refractivity contribution >= 4 is 17.3 Å². The lowest BCUT2D eigenvalue weighted by atomic mass is 10.3. The van der Waals surface area contributed by atoms with E-state index in [0.29, 0.717) is 18.8 Å². The van der Waals surface area contributed by atoms with Crippen LogP contribution in [0.2, 0.25) is 5.02 Å². The van der Waals surface area contributed by atoms with Gasteiger partial charge in [0.2, 0.25) is 0 Å². The van der Waals surface area contributed by atoms with Crippen molar-refractivity contribution in [1.82, 2.24) is 14.7 Å². The van der Waals surface area contributed by atoms with Crippen LogP contribution in [0.4, 0.5) is 5.69 Å². The summed E-state index contributed by atoms with van der Waals surface area (Å²) >= 11 is 6.03. The average Bonchev–Trinajstić information content (AvgIpc) is 2.38. The Labute approximate surface area is 118 Å². The second kappa shape index (κ2) is 8.14. The van der Waals surface area contributed by atoms with Crippen LogP contribution < -0.4 is 10.9 Å². The van der Waals surface area contributed by atoms with E-state index < -0.39 is 0 Å². The predicted molar refractivity (Wildman–Crippen MR) is 77.0 cm³/mol. The molecule has 0 amide bonds. The number of halogens is 1. The fourth-order valence-corrected chi connectivity index (χ4v) is 1.76. The van der Waals surface area contributed by atoms with Crippen LogP contribution in [-0.4, -0.2) is 55.6 Å². The van der Waals surface area contributed by atoms with Crippen LogP contribution in [0.5, 0.6) is 0 Å². The van der Waals surface area contributed by atoms with E-state index in [9.17, 15) is 4.79 Å². The highest BCUT2D eigenvalue weighted by Crippen LogP contribution is 2.14. The van der Waals surface area contributed by atoms with E-state index in [4.69, 9.17) is 16.3 Å². The summed E-state index contributed by atoms with van der Waals surface area (Å²) in [5.74, 6) is 0. The average molecular weight is 289 g/mol. The third kappa shape index (κ3) is 5.18. The van der Waals surface area contributed by atoms with Crippen LogP contribution in [0.25, 0.3) is 0 Å². The summed E-state index contributed by atoms with van der Waals surface area (Å²) in [6.07, 6.45) is 2.55. The lowest BCUT2D eigenvalue weighted by Gasteiger charge is -2.12. The molecule has 0 fully saturated rings. The van der Waals surface area contributed by atoms with Gasteiger partial charge in [-0.15, -0.1) is 0 Å². The van der Waals surface area contributed by atoms with Gasteiger partial charge in [-0.25, -0.2) is 4.68 Å². The molecule has 7 heteroatoms. The molecular formula is C12H21ClN4O2. The summed E-state index contributed by atoms with van der Waals surface area (Å²) in [4.78, 5) is 14.0. The van der Waals surface area contributed by atoms with E-state index in [1.54, 1.807) is 13.3 Å². The van der Waals surface area contributed by atoms with E-state index in [2.05, 4.69) is 15.3 Å².